The molecule has 4 heteroatoms. The van der Waals surface area contributed by atoms with Gasteiger partial charge in [0.15, 0.2) is 0 Å². The van der Waals surface area contributed by atoms with Crippen LogP contribution in [0.15, 0.2) is 24.3 Å². The van der Waals surface area contributed by atoms with Gasteiger partial charge in [0, 0.05) is 10.9 Å². The highest BCUT2D eigenvalue weighted by atomic mass is 35.5. The zero-order chi connectivity index (χ0) is 14.7. The number of hydrogen-bond donors (Lipinski definition) is 0. The standard InChI is InChI=1S/C16H22ClNO2/c1-11(8-14-4-6-15(17)7-5-14)16(19)18-12(2)9-20-10-13(18)3/h4-7,11-13H,8-10H2,1-3H3. The molecule has 1 aromatic carbocycles. The second-order valence-corrected chi connectivity index (χ2v) is 6.15. The van der Waals surface area contributed by atoms with Crippen molar-refractivity contribution in [3.8, 4) is 0 Å². The summed E-state index contributed by atoms with van der Waals surface area (Å²) in [5.41, 5.74) is 1.14. The van der Waals surface area contributed by atoms with Gasteiger partial charge in [-0.3, -0.25) is 4.79 Å². The molecule has 1 heterocycles. The van der Waals surface area contributed by atoms with Crippen LogP contribution in [0.4, 0.5) is 0 Å². The lowest BCUT2D eigenvalue weighted by Crippen LogP contribution is -2.54. The molecule has 1 aromatic rings. The molecule has 2 rings (SSSR count). The summed E-state index contributed by atoms with van der Waals surface area (Å²) in [6.07, 6.45) is 0.743. The monoisotopic (exact) mass is 295 g/mol. The largest absolute Gasteiger partial charge is 0.377 e. The average molecular weight is 296 g/mol. The van der Waals surface area contributed by atoms with Gasteiger partial charge in [0.25, 0.3) is 0 Å². The van der Waals surface area contributed by atoms with Crippen molar-refractivity contribution in [1.29, 1.82) is 0 Å². The van der Waals surface area contributed by atoms with Crippen LogP contribution >= 0.6 is 11.6 Å². The minimum Gasteiger partial charge on any atom is -0.377 e. The molecule has 1 aliphatic heterocycles. The van der Waals surface area contributed by atoms with Crippen molar-refractivity contribution in [3.05, 3.63) is 34.9 Å². The van der Waals surface area contributed by atoms with E-state index in [0.717, 1.165) is 17.0 Å². The van der Waals surface area contributed by atoms with Crippen LogP contribution in [0, 0.1) is 5.92 Å². The highest BCUT2D eigenvalue weighted by Gasteiger charge is 2.32. The van der Waals surface area contributed by atoms with Gasteiger partial charge >= 0.3 is 0 Å². The summed E-state index contributed by atoms with van der Waals surface area (Å²) in [5, 5.41) is 0.725. The van der Waals surface area contributed by atoms with E-state index in [2.05, 4.69) is 0 Å². The molecule has 1 aliphatic rings. The van der Waals surface area contributed by atoms with E-state index in [1.54, 1.807) is 0 Å². The summed E-state index contributed by atoms with van der Waals surface area (Å²) < 4.78 is 5.48. The third-order valence-corrected chi connectivity index (χ3v) is 4.05. The second kappa shape index (κ2) is 6.59. The molecular weight excluding hydrogens is 274 g/mol. The SMILES string of the molecule is CC(Cc1ccc(Cl)cc1)C(=O)N1C(C)COCC1C. The van der Waals surface area contributed by atoms with Gasteiger partial charge < -0.3 is 9.64 Å². The van der Waals surface area contributed by atoms with E-state index < -0.39 is 0 Å². The first-order chi connectivity index (χ1) is 9.49. The molecule has 0 aliphatic carbocycles. The molecule has 3 atom stereocenters. The van der Waals surface area contributed by atoms with E-state index in [9.17, 15) is 4.79 Å². The molecule has 0 bridgehead atoms. The van der Waals surface area contributed by atoms with Gasteiger partial charge in [-0.2, -0.15) is 0 Å². The van der Waals surface area contributed by atoms with Gasteiger partial charge in [0.1, 0.15) is 0 Å². The van der Waals surface area contributed by atoms with Crippen LogP contribution in [0.25, 0.3) is 0 Å². The molecule has 0 N–H and O–H groups in total. The Hall–Kier alpha value is -1.06. The van der Waals surface area contributed by atoms with Gasteiger partial charge in [0.05, 0.1) is 25.3 Å². The molecule has 3 unspecified atom stereocenters. The Bertz CT molecular complexity index is 450. The zero-order valence-corrected chi connectivity index (χ0v) is 13.1. The lowest BCUT2D eigenvalue weighted by molar-refractivity contribution is -0.148. The number of carbonyl (C=O) groups excluding carboxylic acids is 1. The number of halogens is 1. The van der Waals surface area contributed by atoms with Crippen molar-refractivity contribution in [2.24, 2.45) is 5.92 Å². The average Bonchev–Trinajstić information content (AvgIpc) is 2.41. The summed E-state index contributed by atoms with van der Waals surface area (Å²) in [6.45, 7) is 7.34. The number of rotatable bonds is 3. The van der Waals surface area contributed by atoms with Gasteiger partial charge in [-0.15, -0.1) is 0 Å². The van der Waals surface area contributed by atoms with E-state index in [1.807, 2.05) is 49.9 Å². The van der Waals surface area contributed by atoms with E-state index >= 15 is 0 Å². The highest BCUT2D eigenvalue weighted by molar-refractivity contribution is 6.30. The van der Waals surface area contributed by atoms with Crippen LogP contribution in [0.2, 0.25) is 5.02 Å². The zero-order valence-electron chi connectivity index (χ0n) is 12.3. The van der Waals surface area contributed by atoms with Crippen LogP contribution in [-0.4, -0.2) is 36.1 Å². The first kappa shape index (κ1) is 15.3. The van der Waals surface area contributed by atoms with Gasteiger partial charge in [-0.05, 0) is 38.0 Å². The number of morpholine rings is 1. The first-order valence-corrected chi connectivity index (χ1v) is 7.51. The summed E-state index contributed by atoms with van der Waals surface area (Å²) in [7, 11) is 0. The molecule has 1 amide bonds. The van der Waals surface area contributed by atoms with E-state index in [-0.39, 0.29) is 23.9 Å². The molecular formula is C16H22ClNO2. The van der Waals surface area contributed by atoms with E-state index in [0.29, 0.717) is 13.2 Å². The minimum absolute atomic E-state index is 0.0285. The van der Waals surface area contributed by atoms with Gasteiger partial charge in [0.2, 0.25) is 5.91 Å². The molecule has 1 fully saturated rings. The van der Waals surface area contributed by atoms with Crippen molar-refractivity contribution < 1.29 is 9.53 Å². The Morgan fingerprint density at radius 2 is 1.85 bits per heavy atom. The van der Waals surface area contributed by atoms with E-state index in [1.165, 1.54) is 0 Å². The quantitative estimate of drug-likeness (QED) is 0.857. The Morgan fingerprint density at radius 1 is 1.30 bits per heavy atom. The lowest BCUT2D eigenvalue weighted by atomic mass is 9.98. The Morgan fingerprint density at radius 3 is 2.40 bits per heavy atom. The number of hydrogen-bond acceptors (Lipinski definition) is 2. The molecule has 110 valence electrons. The molecule has 3 nitrogen and oxygen atoms in total. The fourth-order valence-corrected chi connectivity index (χ4v) is 2.88. The van der Waals surface area contributed by atoms with Gasteiger partial charge in [-0.1, -0.05) is 30.7 Å². The molecule has 0 radical (unpaired) electrons. The van der Waals surface area contributed by atoms with Crippen LogP contribution in [0.3, 0.4) is 0 Å². The number of benzene rings is 1. The number of nitrogens with zero attached hydrogens (tertiary/aromatic N) is 1. The Kier molecular flexibility index (Phi) is 5.06. The van der Waals surface area contributed by atoms with Crippen LogP contribution in [0.1, 0.15) is 26.3 Å². The maximum atomic E-state index is 12.6. The number of ether oxygens (including phenoxy) is 1. The third kappa shape index (κ3) is 3.53. The molecule has 1 saturated heterocycles. The normalized spacial score (nSPS) is 24.5. The fraction of sp³-hybridized carbons (Fsp3) is 0.562. The predicted molar refractivity (Wildman–Crippen MR) is 80.9 cm³/mol. The lowest BCUT2D eigenvalue weighted by Gasteiger charge is -2.40. The first-order valence-electron chi connectivity index (χ1n) is 7.13. The second-order valence-electron chi connectivity index (χ2n) is 5.71. The highest BCUT2D eigenvalue weighted by Crippen LogP contribution is 2.20. The van der Waals surface area contributed by atoms with Crippen molar-refractivity contribution in [1.82, 2.24) is 4.90 Å². The summed E-state index contributed by atoms with van der Waals surface area (Å²) in [5.74, 6) is 0.183. The summed E-state index contributed by atoms with van der Waals surface area (Å²) in [6, 6.07) is 8.01. The van der Waals surface area contributed by atoms with Crippen LogP contribution in [0.5, 0.6) is 0 Å². The maximum Gasteiger partial charge on any atom is 0.226 e. The third-order valence-electron chi connectivity index (χ3n) is 3.80. The minimum atomic E-state index is -0.0285. The molecule has 0 spiro atoms. The number of amides is 1. The Labute approximate surface area is 125 Å². The smallest absolute Gasteiger partial charge is 0.226 e. The van der Waals surface area contributed by atoms with E-state index in [4.69, 9.17) is 16.3 Å². The van der Waals surface area contributed by atoms with Gasteiger partial charge in [-0.25, -0.2) is 0 Å². The van der Waals surface area contributed by atoms with Crippen LogP contribution in [-0.2, 0) is 16.0 Å². The summed E-state index contributed by atoms with van der Waals surface area (Å²) >= 11 is 5.88. The van der Waals surface area contributed by atoms with Crippen molar-refractivity contribution in [2.75, 3.05) is 13.2 Å². The van der Waals surface area contributed by atoms with Crippen molar-refractivity contribution >= 4 is 17.5 Å². The summed E-state index contributed by atoms with van der Waals surface area (Å²) in [4.78, 5) is 14.6. The molecule has 20 heavy (non-hydrogen) atoms. The maximum absolute atomic E-state index is 12.6. The topological polar surface area (TPSA) is 29.5 Å². The van der Waals surface area contributed by atoms with Crippen molar-refractivity contribution in [2.45, 2.75) is 39.3 Å². The van der Waals surface area contributed by atoms with Crippen LogP contribution < -0.4 is 0 Å². The molecule has 0 aromatic heterocycles. The predicted octanol–water partition coefficient (Wildman–Crippen LogP) is 3.15. The van der Waals surface area contributed by atoms with Crippen molar-refractivity contribution in [3.63, 3.8) is 0 Å². The Balaban J connectivity index is 2.02. The fourth-order valence-electron chi connectivity index (χ4n) is 2.75. The number of carbonyl (C=O) groups is 1. The molecule has 0 saturated carbocycles.